The normalized spacial score (nSPS) is 22.8. The van der Waals surface area contributed by atoms with Gasteiger partial charge in [0.25, 0.3) is 10.0 Å². The van der Waals surface area contributed by atoms with Gasteiger partial charge in [0, 0.05) is 130 Å². The largest absolute Gasteiger partial charge is 0.374 e. The third kappa shape index (κ3) is 38.3. The molecule has 9 rings (SSSR count). The fourth-order valence-electron chi connectivity index (χ4n) is 15.7. The first-order valence-corrected chi connectivity index (χ1v) is 56.2. The number of aromatic nitrogens is 2. The standard InChI is InChI=1S/C12H20N2O.C12H23NO3S.C12H25NO2S.2C12H23NO.C11H22N2O2S.2C11H20N2O2S.C10H19NO/c1-11(2,3)9-7-8-14(10(15)13-9)12(4,5)6;1-11(2,3)9-7-10(14)13(12(4,5)6)17(15,16)8-9;1-11(2,3)10-7-8-13(12(4,5)6)16(14,15)9-10;1-11(2,3)9-7-10(14)13(8-9)12(4,5)6;1-11(2,3)9-7-8-13(10(9)14)12(4,5)6;2*1-10(2,3)9-7-16(14,15)13(8-12-9)11(4,5)6;1-10(2,3)9-7-8-13(11(4,5)6)16(14,15)12-9;1-7(2)11-6-8(9(11)12)10(3,4)5/h7-8H,1-6H3;9H,7-8H2,1-6H3;10H,7-9H2,1-6H3;2*9H,7-8H2,1-6H3;7,12H,8H2,1-6H3;2*7-8H,1-6H3;7-8H,6H2,1-5H3. The molecule has 0 bridgehead atoms. The fraction of sp³-hybridized carbons (Fsp3) is 0.845. The lowest BCUT2D eigenvalue weighted by Gasteiger charge is -2.47. The highest BCUT2D eigenvalue weighted by Crippen LogP contribution is 2.44. The highest BCUT2D eigenvalue weighted by Gasteiger charge is 2.50. The molecule has 0 radical (unpaired) electrons. The van der Waals surface area contributed by atoms with Crippen molar-refractivity contribution in [3.05, 3.63) is 62.9 Å². The van der Waals surface area contributed by atoms with Crippen LogP contribution in [0.2, 0.25) is 0 Å². The molecule has 1 N–H and O–H groups in total. The monoisotopic (exact) mass is 2010 g/mol. The molecule has 5 fully saturated rings. The van der Waals surface area contributed by atoms with Crippen LogP contribution in [0.5, 0.6) is 0 Å². The van der Waals surface area contributed by atoms with Crippen LogP contribution in [-0.2, 0) is 80.4 Å². The summed E-state index contributed by atoms with van der Waals surface area (Å²) in [6.07, 6.45) is 9.64. The summed E-state index contributed by atoms with van der Waals surface area (Å²) in [6.45, 7) is 110. The maximum absolute atomic E-state index is 12.2. The molecule has 0 aromatic carbocycles. The molecule has 8 aliphatic heterocycles. The summed E-state index contributed by atoms with van der Waals surface area (Å²) >= 11 is 0. The Balaban J connectivity index is 0.000000766. The van der Waals surface area contributed by atoms with Crippen LogP contribution in [0.15, 0.2) is 60.9 Å². The molecule has 1 aromatic rings. The van der Waals surface area contributed by atoms with E-state index in [0.717, 1.165) is 54.6 Å². The molecular weight excluding hydrogens is 1820 g/mol. The van der Waals surface area contributed by atoms with Crippen molar-refractivity contribution in [2.45, 2.75) is 448 Å². The van der Waals surface area contributed by atoms with Crippen LogP contribution >= 0.6 is 0 Å². The van der Waals surface area contributed by atoms with Gasteiger partial charge >= 0.3 is 15.9 Å². The van der Waals surface area contributed by atoms with Gasteiger partial charge in [0.1, 0.15) is 6.34 Å². The SMILES string of the molecule is CC(C)(C)C1=CS(=O)(=O)N(C(C)(C)C)C=N1.CC(C)(C)C1=CS(=O)(=O)N(C(C)(C)C)CN1.CC(C)(C)C1=NS(=O)(=O)N(C(C)(C)C)C=C1.CC(C)(C)C1CC(=O)N(C(C)(C)C)C1.CC(C)(C)C1CC(=O)N(C(C)(C)C)S(=O)(=O)C1.CC(C)(C)C1CCN(C(C)(C)C)C1=O.CC(C)(C)C1CCN(C(C)(C)C)S(=O)(=O)C1.CC(C)(C)c1ccn(C(C)(C)C)c(=O)n1.CC(C)N1CC(C(C)(C)C)C1=O. The average molecular weight is 2020 g/mol. The van der Waals surface area contributed by atoms with Gasteiger partial charge in [-0.1, -0.05) is 187 Å². The number of hydrogen-bond acceptors (Lipinski definition) is 18. The zero-order valence-electron chi connectivity index (χ0n) is 95.3. The molecule has 792 valence electrons. The van der Waals surface area contributed by atoms with Crippen LogP contribution in [0.25, 0.3) is 0 Å². The smallest absolute Gasteiger partial charge is 0.348 e. The number of β-lactam (4-membered cyclic amide) rings is 1. The van der Waals surface area contributed by atoms with E-state index >= 15 is 0 Å². The van der Waals surface area contributed by atoms with Crippen molar-refractivity contribution in [3.8, 4) is 0 Å². The summed E-state index contributed by atoms with van der Waals surface area (Å²) in [5.41, 5.74) is -0.282. The van der Waals surface area contributed by atoms with E-state index in [2.05, 4.69) is 179 Å². The van der Waals surface area contributed by atoms with Crippen LogP contribution in [0, 0.1) is 72.9 Å². The first-order valence-electron chi connectivity index (χ1n) is 48.6. The quantitative estimate of drug-likeness (QED) is 0.255. The Morgan fingerprint density at radius 3 is 1.12 bits per heavy atom. The third-order valence-corrected chi connectivity index (χ3v) is 34.3. The molecule has 5 atom stereocenters. The molecule has 5 saturated heterocycles. The number of allylic oxidation sites excluding steroid dienone is 3. The number of carbonyl (C=O) groups is 4. The second kappa shape index (κ2) is 43.9. The van der Waals surface area contributed by atoms with Crippen LogP contribution < -0.4 is 11.0 Å². The lowest BCUT2D eigenvalue weighted by atomic mass is 9.75. The average Bonchev–Trinajstić information content (AvgIpc) is 1.32. The zero-order valence-corrected chi connectivity index (χ0v) is 99.4. The third-order valence-electron chi connectivity index (χ3n) is 24.8. The van der Waals surface area contributed by atoms with E-state index in [-0.39, 0.29) is 112 Å². The highest BCUT2D eigenvalue weighted by molar-refractivity contribution is 7.92. The van der Waals surface area contributed by atoms with Crippen molar-refractivity contribution in [2.75, 3.05) is 44.4 Å². The fourth-order valence-corrected chi connectivity index (χ4v) is 26.0. The van der Waals surface area contributed by atoms with Crippen LogP contribution in [0.1, 0.15) is 398 Å². The van der Waals surface area contributed by atoms with Gasteiger partial charge in [-0.15, -0.1) is 4.40 Å². The van der Waals surface area contributed by atoms with E-state index < -0.39 is 72.5 Å². The van der Waals surface area contributed by atoms with Gasteiger partial charge in [-0.05, 0) is 250 Å². The van der Waals surface area contributed by atoms with E-state index in [1.54, 1.807) is 41.9 Å². The van der Waals surface area contributed by atoms with E-state index in [1.807, 2.05) is 214 Å². The first kappa shape index (κ1) is 128. The summed E-state index contributed by atoms with van der Waals surface area (Å²) in [4.78, 5) is 73.7. The molecule has 28 nitrogen and oxygen atoms in total. The highest BCUT2D eigenvalue weighted by atomic mass is 32.2. The molecule has 0 spiro atoms. The number of likely N-dealkylation sites (tertiary alicyclic amines) is 3. The maximum atomic E-state index is 12.2. The minimum Gasteiger partial charge on any atom is -0.374 e. The van der Waals surface area contributed by atoms with Crippen LogP contribution in [0.3, 0.4) is 0 Å². The first-order chi connectivity index (χ1) is 59.3. The van der Waals surface area contributed by atoms with Gasteiger partial charge in [0.15, 0.2) is 0 Å². The van der Waals surface area contributed by atoms with Crippen molar-refractivity contribution in [3.63, 3.8) is 0 Å². The molecule has 5 unspecified atom stereocenters. The number of rotatable bonds is 1. The van der Waals surface area contributed by atoms with Gasteiger partial charge in [-0.3, -0.25) is 32.4 Å². The van der Waals surface area contributed by atoms with E-state index in [4.69, 9.17) is 0 Å². The van der Waals surface area contributed by atoms with Crippen LogP contribution in [0.4, 0.5) is 0 Å². The number of amides is 4. The van der Waals surface area contributed by atoms with E-state index in [9.17, 15) is 66.1 Å². The second-order valence-corrected chi connectivity index (χ2v) is 64.3. The maximum Gasteiger partial charge on any atom is 0.348 e. The molecule has 1 aromatic heterocycles. The van der Waals surface area contributed by atoms with Gasteiger partial charge in [-0.2, -0.15) is 22.0 Å². The number of carbonyl (C=O) groups excluding carboxylic acids is 4. The second-order valence-electron chi connectivity index (χ2n) is 55.6. The topological polar surface area (TPSA) is 337 Å². The molecule has 9 heterocycles. The van der Waals surface area contributed by atoms with Crippen molar-refractivity contribution in [2.24, 2.45) is 82.3 Å². The zero-order chi connectivity index (χ0) is 108. The summed E-state index contributed by atoms with van der Waals surface area (Å²) in [7, 11) is -16.8. The number of nitrogens with zero attached hydrogens (tertiary/aromatic N) is 12. The van der Waals surface area contributed by atoms with Crippen LogP contribution in [-0.4, -0.2) is 213 Å². The van der Waals surface area contributed by atoms with Crippen molar-refractivity contribution in [1.82, 2.24) is 51.1 Å². The summed E-state index contributed by atoms with van der Waals surface area (Å²) in [5.74, 6) is 2.22. The molecule has 0 saturated carbocycles. The predicted octanol–water partition coefficient (Wildman–Crippen LogP) is 20.6. The molecule has 33 heteroatoms. The molecule has 136 heavy (non-hydrogen) atoms. The summed E-state index contributed by atoms with van der Waals surface area (Å²) < 4.78 is 133. The Morgan fingerprint density at radius 1 is 0.397 bits per heavy atom. The Morgan fingerprint density at radius 2 is 0.838 bits per heavy atom. The van der Waals surface area contributed by atoms with E-state index in [1.165, 1.54) is 30.1 Å². The number of nitrogens with one attached hydrogen (secondary N) is 1. The lowest BCUT2D eigenvalue weighted by molar-refractivity contribution is -0.157. The van der Waals surface area contributed by atoms with Crippen molar-refractivity contribution < 1.29 is 61.3 Å². The Labute approximate surface area is 830 Å². The summed E-state index contributed by atoms with van der Waals surface area (Å²) in [5, 5.41) is 5.79. The minimum atomic E-state index is -3.58. The van der Waals surface area contributed by atoms with Gasteiger partial charge < -0.3 is 20.0 Å². The Bertz CT molecular complexity index is 4930. The van der Waals surface area contributed by atoms with Crippen molar-refractivity contribution in [1.29, 1.82) is 0 Å². The summed E-state index contributed by atoms with van der Waals surface area (Å²) in [6, 6.07) is 2.29. The molecule has 0 aliphatic carbocycles. The molecular formula is C103H195N13O15S5. The molecule has 8 aliphatic rings. The number of sulfonamides is 4. The Hall–Kier alpha value is -5.61. The van der Waals surface area contributed by atoms with Gasteiger partial charge in [-0.25, -0.2) is 47.8 Å². The molecule has 4 amide bonds. The number of aliphatic imine (C=N–C) groups is 1. The lowest BCUT2D eigenvalue weighted by Crippen LogP contribution is -2.59. The number of hydrogen-bond donors (Lipinski definition) is 1. The van der Waals surface area contributed by atoms with Gasteiger partial charge in [0.05, 0.1) is 57.5 Å². The van der Waals surface area contributed by atoms with Gasteiger partial charge in [0.2, 0.25) is 53.7 Å². The van der Waals surface area contributed by atoms with E-state index in [0.29, 0.717) is 66.5 Å². The Kier molecular flexibility index (Phi) is 41.5. The predicted molar refractivity (Wildman–Crippen MR) is 565 cm³/mol. The van der Waals surface area contributed by atoms with Crippen molar-refractivity contribution >= 4 is 86.0 Å². The minimum absolute atomic E-state index is 0.0168.